The minimum absolute atomic E-state index is 0. The fraction of sp³-hybridized carbons (Fsp3) is 0.259. The van der Waals surface area contributed by atoms with E-state index in [4.69, 9.17) is 0 Å². The zero-order valence-electron chi connectivity index (χ0n) is 20.6. The second-order valence-corrected chi connectivity index (χ2v) is 8.72. The molecule has 7 nitrogen and oxygen atoms in total. The molecule has 1 aliphatic rings. The molecular formula is C27H28ClF3N4O3. The molecule has 4 rings (SSSR count). The van der Waals surface area contributed by atoms with E-state index in [9.17, 15) is 22.8 Å². The van der Waals surface area contributed by atoms with E-state index in [1.807, 2.05) is 12.1 Å². The van der Waals surface area contributed by atoms with Crippen molar-refractivity contribution in [2.24, 2.45) is 0 Å². The summed E-state index contributed by atoms with van der Waals surface area (Å²) < 4.78 is 40.9. The first-order valence-electron chi connectivity index (χ1n) is 11.8. The molecule has 0 bridgehead atoms. The molecule has 0 aromatic heterocycles. The van der Waals surface area contributed by atoms with Crippen molar-refractivity contribution in [3.63, 3.8) is 0 Å². The Bertz CT molecular complexity index is 1240. The van der Waals surface area contributed by atoms with Gasteiger partial charge in [0.25, 0.3) is 11.8 Å². The second kappa shape index (κ2) is 12.7. The Morgan fingerprint density at radius 2 is 1.50 bits per heavy atom. The lowest BCUT2D eigenvalue weighted by Crippen LogP contribution is -2.28. The van der Waals surface area contributed by atoms with Crippen LogP contribution in [0.3, 0.4) is 0 Å². The monoisotopic (exact) mass is 548 g/mol. The smallest absolute Gasteiger partial charge is 0.406 e. The van der Waals surface area contributed by atoms with Crippen LogP contribution >= 0.6 is 12.4 Å². The van der Waals surface area contributed by atoms with E-state index in [1.165, 1.54) is 12.1 Å². The topological polar surface area (TPSA) is 73.9 Å². The number of likely N-dealkylation sites (N-methyl/N-ethyl adjacent to an activating group) is 1. The molecule has 0 aliphatic carbocycles. The Hall–Kier alpha value is -3.76. The van der Waals surface area contributed by atoms with Gasteiger partial charge in [-0.05, 0) is 80.7 Å². The lowest BCUT2D eigenvalue weighted by molar-refractivity contribution is -0.274. The van der Waals surface area contributed by atoms with E-state index in [0.717, 1.165) is 50.4 Å². The first kappa shape index (κ1) is 28.8. The van der Waals surface area contributed by atoms with Crippen LogP contribution in [0.25, 0.3) is 0 Å². The summed E-state index contributed by atoms with van der Waals surface area (Å²) >= 11 is 0. The number of carbonyl (C=O) groups excluding carboxylic acids is 2. The van der Waals surface area contributed by atoms with Gasteiger partial charge < -0.3 is 25.2 Å². The van der Waals surface area contributed by atoms with Gasteiger partial charge >= 0.3 is 6.36 Å². The summed E-state index contributed by atoms with van der Waals surface area (Å²) in [4.78, 5) is 30.4. The molecule has 38 heavy (non-hydrogen) atoms. The Kier molecular flexibility index (Phi) is 9.60. The Morgan fingerprint density at radius 1 is 0.816 bits per heavy atom. The molecule has 3 aromatic rings. The number of amides is 2. The fourth-order valence-corrected chi connectivity index (χ4v) is 4.05. The molecule has 1 aliphatic heterocycles. The van der Waals surface area contributed by atoms with E-state index in [1.54, 1.807) is 36.4 Å². The van der Waals surface area contributed by atoms with Crippen molar-refractivity contribution in [1.82, 2.24) is 4.90 Å². The number of para-hydroxylation sites is 1. The highest BCUT2D eigenvalue weighted by molar-refractivity contribution is 6.12. The molecule has 2 N–H and O–H groups in total. The van der Waals surface area contributed by atoms with Crippen LogP contribution in [0.15, 0.2) is 72.8 Å². The molecule has 0 unspecified atom stereocenters. The first-order valence-corrected chi connectivity index (χ1v) is 11.8. The van der Waals surface area contributed by atoms with Crippen molar-refractivity contribution in [2.75, 3.05) is 48.8 Å². The van der Waals surface area contributed by atoms with Crippen molar-refractivity contribution < 1.29 is 27.5 Å². The van der Waals surface area contributed by atoms with Gasteiger partial charge in [-0.15, -0.1) is 25.6 Å². The number of ether oxygens (including phenoxy) is 1. The van der Waals surface area contributed by atoms with E-state index in [2.05, 4.69) is 32.2 Å². The minimum atomic E-state index is -4.80. The molecule has 202 valence electrons. The zero-order chi connectivity index (χ0) is 26.4. The molecule has 2 amide bonds. The number of nitrogens with one attached hydrogen (secondary N) is 2. The third kappa shape index (κ3) is 7.87. The predicted octanol–water partition coefficient (Wildman–Crippen LogP) is 5.65. The third-order valence-electron chi connectivity index (χ3n) is 5.98. The summed E-state index contributed by atoms with van der Waals surface area (Å²) in [5.74, 6) is -1.29. The van der Waals surface area contributed by atoms with Gasteiger partial charge in [0, 0.05) is 36.6 Å². The van der Waals surface area contributed by atoms with Crippen LogP contribution in [0.5, 0.6) is 5.75 Å². The fourth-order valence-electron chi connectivity index (χ4n) is 4.05. The number of rotatable bonds is 6. The molecule has 3 aromatic carbocycles. The van der Waals surface area contributed by atoms with Gasteiger partial charge in [0.05, 0.1) is 11.3 Å². The van der Waals surface area contributed by atoms with E-state index in [-0.39, 0.29) is 29.6 Å². The van der Waals surface area contributed by atoms with Crippen molar-refractivity contribution in [2.45, 2.75) is 12.8 Å². The summed E-state index contributed by atoms with van der Waals surface area (Å²) in [5.41, 5.74) is 2.29. The predicted molar refractivity (Wildman–Crippen MR) is 143 cm³/mol. The average Bonchev–Trinajstić information content (AvgIpc) is 3.09. The molecule has 1 fully saturated rings. The van der Waals surface area contributed by atoms with Crippen molar-refractivity contribution in [3.05, 3.63) is 83.9 Å². The first-order chi connectivity index (χ1) is 17.7. The lowest BCUT2D eigenvalue weighted by atomic mass is 10.1. The number of anilines is 3. The van der Waals surface area contributed by atoms with Gasteiger partial charge in [-0.3, -0.25) is 9.59 Å². The quantitative estimate of drug-likeness (QED) is 0.416. The van der Waals surface area contributed by atoms with Crippen LogP contribution in [0.2, 0.25) is 0 Å². The molecular weight excluding hydrogens is 521 g/mol. The normalized spacial score (nSPS) is 14.2. The van der Waals surface area contributed by atoms with E-state index in [0.29, 0.717) is 11.3 Å². The largest absolute Gasteiger partial charge is 0.573 e. The van der Waals surface area contributed by atoms with Gasteiger partial charge in [-0.2, -0.15) is 0 Å². The Balaban J connectivity index is 0.00000400. The van der Waals surface area contributed by atoms with Crippen LogP contribution in [-0.2, 0) is 0 Å². The van der Waals surface area contributed by atoms with Crippen LogP contribution in [0.4, 0.5) is 30.2 Å². The van der Waals surface area contributed by atoms with Gasteiger partial charge in [0.1, 0.15) is 5.75 Å². The van der Waals surface area contributed by atoms with Gasteiger partial charge in [0.15, 0.2) is 0 Å². The highest BCUT2D eigenvalue weighted by Crippen LogP contribution is 2.25. The van der Waals surface area contributed by atoms with E-state index < -0.39 is 18.0 Å². The maximum atomic E-state index is 12.9. The van der Waals surface area contributed by atoms with E-state index >= 15 is 0 Å². The summed E-state index contributed by atoms with van der Waals surface area (Å²) in [7, 11) is 2.11. The molecule has 1 heterocycles. The van der Waals surface area contributed by atoms with Crippen LogP contribution in [-0.4, -0.2) is 56.3 Å². The molecule has 1 saturated heterocycles. The Morgan fingerprint density at radius 3 is 2.18 bits per heavy atom. The van der Waals surface area contributed by atoms with Crippen molar-refractivity contribution in [3.8, 4) is 5.75 Å². The number of nitrogens with zero attached hydrogens (tertiary/aromatic N) is 2. The number of hydrogen-bond donors (Lipinski definition) is 2. The average molecular weight is 549 g/mol. The second-order valence-electron chi connectivity index (χ2n) is 8.72. The Labute approximate surface area is 225 Å². The summed E-state index contributed by atoms with van der Waals surface area (Å²) in [5, 5.41) is 5.40. The number of hydrogen-bond acceptors (Lipinski definition) is 5. The molecule has 0 saturated carbocycles. The SMILES string of the molecule is CN1CCCN(c2ccc(C(=O)Nc3ccccc3C(=O)Nc3ccc(OC(F)(F)F)cc3)cc2)CC1.Cl. The summed E-state index contributed by atoms with van der Waals surface area (Å²) in [6.07, 6.45) is -3.73. The number of carbonyl (C=O) groups is 2. The van der Waals surface area contributed by atoms with Crippen LogP contribution in [0.1, 0.15) is 27.1 Å². The molecule has 11 heteroatoms. The highest BCUT2D eigenvalue weighted by Gasteiger charge is 2.31. The lowest BCUT2D eigenvalue weighted by Gasteiger charge is -2.23. The zero-order valence-corrected chi connectivity index (χ0v) is 21.4. The maximum absolute atomic E-state index is 12.9. The van der Waals surface area contributed by atoms with Crippen molar-refractivity contribution >= 4 is 41.3 Å². The molecule has 0 atom stereocenters. The van der Waals surface area contributed by atoms with Gasteiger partial charge in [0.2, 0.25) is 0 Å². The molecule has 0 radical (unpaired) electrons. The highest BCUT2D eigenvalue weighted by atomic mass is 35.5. The summed E-state index contributed by atoms with van der Waals surface area (Å²) in [6, 6.07) is 18.6. The van der Waals surface area contributed by atoms with Crippen LogP contribution < -0.4 is 20.3 Å². The standard InChI is InChI=1S/C27H27F3N4O3.ClH/c1-33-15-4-16-34(18-17-33)21-11-7-19(8-12-21)25(35)32-24-6-3-2-5-23(24)26(36)31-20-9-13-22(14-10-20)37-27(28,29)30;/h2-3,5-14H,4,15-18H2,1H3,(H,31,36)(H,32,35);1H. The van der Waals surface area contributed by atoms with Gasteiger partial charge in [-0.25, -0.2) is 0 Å². The number of alkyl halides is 3. The van der Waals surface area contributed by atoms with Crippen LogP contribution in [0, 0.1) is 0 Å². The van der Waals surface area contributed by atoms with Crippen molar-refractivity contribution in [1.29, 1.82) is 0 Å². The minimum Gasteiger partial charge on any atom is -0.406 e. The number of halogens is 4. The third-order valence-corrected chi connectivity index (χ3v) is 5.98. The number of benzene rings is 3. The van der Waals surface area contributed by atoms with Gasteiger partial charge in [-0.1, -0.05) is 12.1 Å². The molecule has 0 spiro atoms. The summed E-state index contributed by atoms with van der Waals surface area (Å²) in [6.45, 7) is 3.91. The maximum Gasteiger partial charge on any atom is 0.573 e.